The molecule has 0 radical (unpaired) electrons. The molecular weight excluding hydrogens is 368 g/mol. The molecule has 3 heterocycles. The fourth-order valence-electron chi connectivity index (χ4n) is 2.08. The number of aromatic nitrogens is 2. The Morgan fingerprint density at radius 3 is 2.91 bits per heavy atom. The molecule has 0 bridgehead atoms. The van der Waals surface area contributed by atoms with Gasteiger partial charge in [0.1, 0.15) is 11.1 Å². The Bertz CT molecular complexity index is 1020. The SMILES string of the molecule is O=c1oc2ccc(Br)cc2cc1-c1nc(-c2cccs2)no1. The zero-order chi connectivity index (χ0) is 15.1. The number of hydrogen-bond donors (Lipinski definition) is 0. The van der Waals surface area contributed by atoms with Gasteiger partial charge in [-0.3, -0.25) is 0 Å². The highest BCUT2D eigenvalue weighted by Crippen LogP contribution is 2.26. The Hall–Kier alpha value is -2.25. The molecule has 108 valence electrons. The summed E-state index contributed by atoms with van der Waals surface area (Å²) < 4.78 is 11.4. The number of hydrogen-bond acceptors (Lipinski definition) is 6. The van der Waals surface area contributed by atoms with Crippen molar-refractivity contribution in [3.8, 4) is 22.2 Å². The molecule has 0 saturated carbocycles. The summed E-state index contributed by atoms with van der Waals surface area (Å²) in [7, 11) is 0. The molecule has 3 aromatic heterocycles. The summed E-state index contributed by atoms with van der Waals surface area (Å²) in [4.78, 5) is 17.3. The molecule has 22 heavy (non-hydrogen) atoms. The molecule has 0 amide bonds. The van der Waals surface area contributed by atoms with Crippen molar-refractivity contribution in [2.75, 3.05) is 0 Å². The van der Waals surface area contributed by atoms with Crippen LogP contribution in [0.25, 0.3) is 33.1 Å². The summed E-state index contributed by atoms with van der Waals surface area (Å²) in [6.45, 7) is 0. The summed E-state index contributed by atoms with van der Waals surface area (Å²) >= 11 is 4.89. The van der Waals surface area contributed by atoms with E-state index >= 15 is 0 Å². The molecule has 0 spiro atoms. The predicted molar refractivity (Wildman–Crippen MR) is 86.8 cm³/mol. The van der Waals surface area contributed by atoms with E-state index in [2.05, 4.69) is 26.1 Å². The van der Waals surface area contributed by atoms with Crippen LogP contribution in [-0.2, 0) is 0 Å². The van der Waals surface area contributed by atoms with Crippen LogP contribution in [-0.4, -0.2) is 10.1 Å². The van der Waals surface area contributed by atoms with Gasteiger partial charge in [0.05, 0.1) is 4.88 Å². The standard InChI is InChI=1S/C15H7BrN2O3S/c16-9-3-4-11-8(6-9)7-10(15(19)20-11)14-17-13(18-21-14)12-2-1-5-22-12/h1-7H. The maximum absolute atomic E-state index is 12.1. The Labute approximate surface area is 136 Å². The number of nitrogens with zero attached hydrogens (tertiary/aromatic N) is 2. The lowest BCUT2D eigenvalue weighted by Gasteiger charge is -1.99. The van der Waals surface area contributed by atoms with Crippen molar-refractivity contribution in [1.82, 2.24) is 10.1 Å². The minimum atomic E-state index is -0.504. The first-order valence-electron chi connectivity index (χ1n) is 6.32. The van der Waals surface area contributed by atoms with Gasteiger partial charge in [-0.05, 0) is 35.7 Å². The van der Waals surface area contributed by atoms with Gasteiger partial charge in [-0.15, -0.1) is 11.3 Å². The molecule has 0 aliphatic heterocycles. The minimum absolute atomic E-state index is 0.152. The van der Waals surface area contributed by atoms with E-state index in [-0.39, 0.29) is 11.5 Å². The normalized spacial score (nSPS) is 11.1. The van der Waals surface area contributed by atoms with Gasteiger partial charge in [0.25, 0.3) is 5.89 Å². The number of thiophene rings is 1. The second-order valence-corrected chi connectivity index (χ2v) is 6.39. The van der Waals surface area contributed by atoms with Crippen molar-refractivity contribution < 1.29 is 8.94 Å². The zero-order valence-electron chi connectivity index (χ0n) is 10.9. The minimum Gasteiger partial charge on any atom is -0.422 e. The van der Waals surface area contributed by atoms with Gasteiger partial charge in [0, 0.05) is 9.86 Å². The maximum atomic E-state index is 12.1. The van der Waals surface area contributed by atoms with Gasteiger partial charge >= 0.3 is 5.63 Å². The highest BCUT2D eigenvalue weighted by molar-refractivity contribution is 9.10. The average Bonchev–Trinajstić information content (AvgIpc) is 3.17. The van der Waals surface area contributed by atoms with Gasteiger partial charge in [-0.1, -0.05) is 27.2 Å². The van der Waals surface area contributed by atoms with E-state index in [0.29, 0.717) is 11.4 Å². The van der Waals surface area contributed by atoms with E-state index in [9.17, 15) is 4.79 Å². The zero-order valence-corrected chi connectivity index (χ0v) is 13.3. The van der Waals surface area contributed by atoms with E-state index in [1.54, 1.807) is 12.1 Å². The topological polar surface area (TPSA) is 69.1 Å². The van der Waals surface area contributed by atoms with Crippen LogP contribution in [0.4, 0.5) is 0 Å². The van der Waals surface area contributed by atoms with Crippen molar-refractivity contribution >= 4 is 38.2 Å². The third-order valence-corrected chi connectivity index (χ3v) is 4.45. The molecule has 0 aliphatic rings. The first-order valence-corrected chi connectivity index (χ1v) is 7.99. The Kier molecular flexibility index (Phi) is 3.16. The molecule has 4 rings (SSSR count). The first kappa shape index (κ1) is 13.4. The monoisotopic (exact) mass is 374 g/mol. The molecule has 0 atom stereocenters. The van der Waals surface area contributed by atoms with Gasteiger partial charge in [0.15, 0.2) is 0 Å². The summed E-state index contributed by atoms with van der Waals surface area (Å²) in [6, 6.07) is 10.9. The van der Waals surface area contributed by atoms with Crippen LogP contribution in [0.1, 0.15) is 0 Å². The first-order chi connectivity index (χ1) is 10.7. The number of benzene rings is 1. The molecule has 0 fully saturated rings. The van der Waals surface area contributed by atoms with Gasteiger partial charge < -0.3 is 8.94 Å². The fourth-order valence-corrected chi connectivity index (χ4v) is 3.11. The van der Waals surface area contributed by atoms with E-state index in [0.717, 1.165) is 14.7 Å². The lowest BCUT2D eigenvalue weighted by atomic mass is 10.2. The summed E-state index contributed by atoms with van der Waals surface area (Å²) in [5.41, 5.74) is 0.257. The number of fused-ring (bicyclic) bond motifs is 1. The molecular formula is C15H7BrN2O3S. The number of rotatable bonds is 2. The van der Waals surface area contributed by atoms with Crippen LogP contribution in [0, 0.1) is 0 Å². The van der Waals surface area contributed by atoms with Crippen molar-refractivity contribution in [3.63, 3.8) is 0 Å². The third-order valence-electron chi connectivity index (χ3n) is 3.09. The van der Waals surface area contributed by atoms with Crippen molar-refractivity contribution in [2.45, 2.75) is 0 Å². The summed E-state index contributed by atoms with van der Waals surface area (Å²) in [5.74, 6) is 0.609. The van der Waals surface area contributed by atoms with E-state index in [1.165, 1.54) is 11.3 Å². The van der Waals surface area contributed by atoms with Crippen LogP contribution in [0.5, 0.6) is 0 Å². The smallest absolute Gasteiger partial charge is 0.349 e. The average molecular weight is 375 g/mol. The molecule has 0 unspecified atom stereocenters. The highest BCUT2D eigenvalue weighted by atomic mass is 79.9. The van der Waals surface area contributed by atoms with Crippen LogP contribution in [0.3, 0.4) is 0 Å². The Balaban J connectivity index is 1.87. The van der Waals surface area contributed by atoms with Gasteiger partial charge in [0.2, 0.25) is 5.82 Å². The molecule has 1 aromatic carbocycles. The number of halogens is 1. The van der Waals surface area contributed by atoms with E-state index in [1.807, 2.05) is 29.6 Å². The van der Waals surface area contributed by atoms with Gasteiger partial charge in [-0.25, -0.2) is 4.79 Å². The summed E-state index contributed by atoms with van der Waals surface area (Å²) in [5, 5.41) is 6.61. The Morgan fingerprint density at radius 2 is 2.09 bits per heavy atom. The molecule has 5 nitrogen and oxygen atoms in total. The molecule has 4 aromatic rings. The molecule has 7 heteroatoms. The molecule has 0 N–H and O–H groups in total. The highest BCUT2D eigenvalue weighted by Gasteiger charge is 2.16. The van der Waals surface area contributed by atoms with Crippen LogP contribution in [0.15, 0.2) is 60.0 Å². The molecule has 0 aliphatic carbocycles. The molecule has 0 saturated heterocycles. The van der Waals surface area contributed by atoms with Crippen LogP contribution >= 0.6 is 27.3 Å². The Morgan fingerprint density at radius 1 is 1.18 bits per heavy atom. The fraction of sp³-hybridized carbons (Fsp3) is 0. The lowest BCUT2D eigenvalue weighted by Crippen LogP contribution is -2.02. The van der Waals surface area contributed by atoms with Crippen molar-refractivity contribution in [2.24, 2.45) is 0 Å². The largest absolute Gasteiger partial charge is 0.422 e. The summed E-state index contributed by atoms with van der Waals surface area (Å²) in [6.07, 6.45) is 0. The van der Waals surface area contributed by atoms with Crippen LogP contribution in [0.2, 0.25) is 0 Å². The van der Waals surface area contributed by atoms with E-state index in [4.69, 9.17) is 8.94 Å². The van der Waals surface area contributed by atoms with Gasteiger partial charge in [-0.2, -0.15) is 4.98 Å². The quantitative estimate of drug-likeness (QED) is 0.488. The van der Waals surface area contributed by atoms with E-state index < -0.39 is 5.63 Å². The van der Waals surface area contributed by atoms with Crippen LogP contribution < -0.4 is 5.63 Å². The van der Waals surface area contributed by atoms with Crippen molar-refractivity contribution in [3.05, 3.63) is 56.7 Å². The predicted octanol–water partition coefficient (Wildman–Crippen LogP) is 4.33. The second-order valence-electron chi connectivity index (χ2n) is 4.53. The second kappa shape index (κ2) is 5.19. The lowest BCUT2D eigenvalue weighted by molar-refractivity contribution is 0.429. The maximum Gasteiger partial charge on any atom is 0.349 e. The third kappa shape index (κ3) is 2.28. The van der Waals surface area contributed by atoms with Crippen molar-refractivity contribution in [1.29, 1.82) is 0 Å².